The van der Waals surface area contributed by atoms with E-state index in [2.05, 4.69) is 4.74 Å². The van der Waals surface area contributed by atoms with Gasteiger partial charge in [-0.3, -0.25) is 9.59 Å². The third-order valence-corrected chi connectivity index (χ3v) is 3.49. The van der Waals surface area contributed by atoms with Crippen molar-refractivity contribution in [2.24, 2.45) is 5.92 Å². The van der Waals surface area contributed by atoms with Crippen LogP contribution < -0.4 is 4.90 Å². The lowest BCUT2D eigenvalue weighted by atomic mass is 10.1. The molecular formula is C14H11F6NO3. The minimum Gasteiger partial charge on any atom is -0.468 e. The zero-order valence-corrected chi connectivity index (χ0v) is 11.9. The molecule has 1 aliphatic rings. The first kappa shape index (κ1) is 18.1. The van der Waals surface area contributed by atoms with E-state index >= 15 is 0 Å². The minimum atomic E-state index is -4.99. The van der Waals surface area contributed by atoms with Gasteiger partial charge >= 0.3 is 12.4 Å². The van der Waals surface area contributed by atoms with Crippen LogP contribution in [-0.4, -0.2) is 25.5 Å². The van der Waals surface area contributed by atoms with Crippen molar-refractivity contribution in [2.45, 2.75) is 18.8 Å². The molecule has 1 fully saturated rings. The van der Waals surface area contributed by atoms with Crippen LogP contribution in [0.4, 0.5) is 32.0 Å². The van der Waals surface area contributed by atoms with Crippen molar-refractivity contribution in [3.63, 3.8) is 0 Å². The third kappa shape index (κ3) is 3.98. The van der Waals surface area contributed by atoms with Crippen LogP contribution in [0.5, 0.6) is 0 Å². The van der Waals surface area contributed by atoms with Gasteiger partial charge in [-0.2, -0.15) is 26.3 Å². The summed E-state index contributed by atoms with van der Waals surface area (Å²) in [7, 11) is 0. The highest BCUT2D eigenvalue weighted by molar-refractivity contribution is 5.96. The first-order valence-corrected chi connectivity index (χ1v) is 6.67. The number of carbonyl (C=O) groups excluding carboxylic acids is 2. The number of rotatable bonds is 4. The Kier molecular flexibility index (Phi) is 4.77. The molecule has 1 amide bonds. The van der Waals surface area contributed by atoms with E-state index in [0.717, 1.165) is 4.90 Å². The molecule has 2 rings (SSSR count). The summed E-state index contributed by atoms with van der Waals surface area (Å²) in [5, 5.41) is 0. The largest absolute Gasteiger partial charge is 0.468 e. The molecule has 0 saturated carbocycles. The van der Waals surface area contributed by atoms with Crippen LogP contribution in [0.15, 0.2) is 18.2 Å². The van der Waals surface area contributed by atoms with Crippen LogP contribution in [-0.2, 0) is 26.7 Å². The number of hydrogen-bond acceptors (Lipinski definition) is 3. The van der Waals surface area contributed by atoms with E-state index in [-0.39, 0.29) is 32.1 Å². The average molecular weight is 355 g/mol. The lowest BCUT2D eigenvalue weighted by Gasteiger charge is -2.20. The Morgan fingerprint density at radius 2 is 1.62 bits per heavy atom. The molecule has 4 nitrogen and oxygen atoms in total. The monoisotopic (exact) mass is 355 g/mol. The van der Waals surface area contributed by atoms with Crippen LogP contribution in [0.3, 0.4) is 0 Å². The molecule has 1 aliphatic heterocycles. The van der Waals surface area contributed by atoms with E-state index in [4.69, 9.17) is 0 Å². The van der Waals surface area contributed by atoms with Crippen LogP contribution in [0.25, 0.3) is 0 Å². The van der Waals surface area contributed by atoms with Crippen molar-refractivity contribution in [2.75, 3.05) is 18.1 Å². The van der Waals surface area contributed by atoms with Gasteiger partial charge in [0.25, 0.3) is 6.47 Å². The lowest BCUT2D eigenvalue weighted by molar-refractivity contribution is -0.143. The Hall–Kier alpha value is -2.26. The SMILES string of the molecule is O=COCC1CC(=O)N(c2cc(C(F)(F)F)cc(C(F)(F)F)c2)C1. The average Bonchev–Trinajstić information content (AvgIpc) is 2.84. The predicted molar refractivity (Wildman–Crippen MR) is 68.9 cm³/mol. The number of halogens is 6. The fraction of sp³-hybridized carbons (Fsp3) is 0.429. The Balaban J connectivity index is 2.39. The number of hydrogen-bond donors (Lipinski definition) is 0. The summed E-state index contributed by atoms with van der Waals surface area (Å²) in [5.74, 6) is -1.13. The molecule has 0 bridgehead atoms. The van der Waals surface area contributed by atoms with Gasteiger partial charge in [0.1, 0.15) is 0 Å². The van der Waals surface area contributed by atoms with E-state index < -0.39 is 41.0 Å². The van der Waals surface area contributed by atoms with Crippen LogP contribution in [0, 0.1) is 5.92 Å². The summed E-state index contributed by atoms with van der Waals surface area (Å²) in [6.45, 7) is -0.124. The van der Waals surface area contributed by atoms with Crippen LogP contribution >= 0.6 is 0 Å². The summed E-state index contributed by atoms with van der Waals surface area (Å²) in [6.07, 6.45) is -10.1. The summed E-state index contributed by atoms with van der Waals surface area (Å²) in [5.41, 5.74) is -3.48. The summed E-state index contributed by atoms with van der Waals surface area (Å²) < 4.78 is 81.5. The summed E-state index contributed by atoms with van der Waals surface area (Å²) in [6, 6.07) is 0.989. The highest BCUT2D eigenvalue weighted by atomic mass is 19.4. The zero-order chi connectivity index (χ0) is 18.1. The van der Waals surface area contributed by atoms with Crippen molar-refractivity contribution >= 4 is 18.1 Å². The molecular weight excluding hydrogens is 344 g/mol. The number of amides is 1. The smallest absolute Gasteiger partial charge is 0.416 e. The summed E-state index contributed by atoms with van der Waals surface area (Å²) in [4.78, 5) is 22.9. The number of anilines is 1. The van der Waals surface area contributed by atoms with Gasteiger partial charge in [0.05, 0.1) is 17.7 Å². The van der Waals surface area contributed by atoms with Gasteiger partial charge in [-0.25, -0.2) is 0 Å². The second kappa shape index (κ2) is 6.33. The maximum atomic E-state index is 12.8. The number of carbonyl (C=O) groups is 2. The zero-order valence-electron chi connectivity index (χ0n) is 11.9. The Morgan fingerprint density at radius 1 is 1.08 bits per heavy atom. The normalized spacial score (nSPS) is 18.8. The second-order valence-corrected chi connectivity index (χ2v) is 5.27. The van der Waals surface area contributed by atoms with Gasteiger partial charge in [0, 0.05) is 24.6 Å². The molecule has 0 radical (unpaired) electrons. The quantitative estimate of drug-likeness (QED) is 0.615. The summed E-state index contributed by atoms with van der Waals surface area (Å²) >= 11 is 0. The molecule has 0 N–H and O–H groups in total. The van der Waals surface area contributed by atoms with Crippen molar-refractivity contribution < 1.29 is 40.7 Å². The minimum absolute atomic E-state index is 0.00294. The number of alkyl halides is 6. The molecule has 1 atom stereocenters. The van der Waals surface area contributed by atoms with Crippen molar-refractivity contribution in [1.29, 1.82) is 0 Å². The Bertz CT molecular complexity index is 608. The second-order valence-electron chi connectivity index (χ2n) is 5.27. The van der Waals surface area contributed by atoms with E-state index in [0.29, 0.717) is 12.1 Å². The number of nitrogens with zero attached hydrogens (tertiary/aromatic N) is 1. The van der Waals surface area contributed by atoms with E-state index in [1.807, 2.05) is 0 Å². The molecule has 24 heavy (non-hydrogen) atoms. The highest BCUT2D eigenvalue weighted by Gasteiger charge is 2.39. The fourth-order valence-electron chi connectivity index (χ4n) is 2.41. The van der Waals surface area contributed by atoms with E-state index in [1.54, 1.807) is 0 Å². The first-order valence-electron chi connectivity index (χ1n) is 6.67. The van der Waals surface area contributed by atoms with Crippen molar-refractivity contribution in [3.05, 3.63) is 29.3 Å². The fourth-order valence-corrected chi connectivity index (χ4v) is 2.41. The molecule has 0 aliphatic carbocycles. The van der Waals surface area contributed by atoms with Gasteiger partial charge in [0.2, 0.25) is 5.91 Å². The standard InChI is InChI=1S/C14H11F6NO3/c15-13(16,17)9-2-10(14(18,19)20)4-11(3-9)21-5-8(1-12(21)23)6-24-7-22/h2-4,7-8H,1,5-6H2. The van der Waals surface area contributed by atoms with Crippen LogP contribution in [0.1, 0.15) is 17.5 Å². The van der Waals surface area contributed by atoms with E-state index in [1.165, 1.54) is 0 Å². The predicted octanol–water partition coefficient (Wildman–Crippen LogP) is 3.25. The topological polar surface area (TPSA) is 46.6 Å². The molecule has 1 unspecified atom stereocenters. The molecule has 0 spiro atoms. The van der Waals surface area contributed by atoms with Gasteiger partial charge in [-0.15, -0.1) is 0 Å². The molecule has 1 heterocycles. The van der Waals surface area contributed by atoms with E-state index in [9.17, 15) is 35.9 Å². The maximum Gasteiger partial charge on any atom is 0.416 e. The Morgan fingerprint density at radius 3 is 2.08 bits per heavy atom. The van der Waals surface area contributed by atoms with Gasteiger partial charge < -0.3 is 9.64 Å². The molecule has 1 aromatic rings. The molecule has 0 aromatic heterocycles. The lowest BCUT2D eigenvalue weighted by Crippen LogP contribution is -2.26. The van der Waals surface area contributed by atoms with Crippen molar-refractivity contribution in [3.8, 4) is 0 Å². The maximum absolute atomic E-state index is 12.8. The first-order chi connectivity index (χ1) is 11.0. The third-order valence-electron chi connectivity index (χ3n) is 3.49. The molecule has 132 valence electrons. The Labute approximate surface area is 132 Å². The number of ether oxygens (including phenoxy) is 1. The van der Waals surface area contributed by atoms with Gasteiger partial charge in [-0.1, -0.05) is 0 Å². The molecule has 10 heteroatoms. The van der Waals surface area contributed by atoms with Gasteiger partial charge in [0.15, 0.2) is 0 Å². The number of benzene rings is 1. The van der Waals surface area contributed by atoms with Crippen LogP contribution in [0.2, 0.25) is 0 Å². The highest BCUT2D eigenvalue weighted by Crippen LogP contribution is 2.39. The molecule has 1 aromatic carbocycles. The van der Waals surface area contributed by atoms with Gasteiger partial charge in [-0.05, 0) is 18.2 Å². The molecule has 1 saturated heterocycles. The van der Waals surface area contributed by atoms with Crippen molar-refractivity contribution in [1.82, 2.24) is 0 Å².